The average molecular weight is 281 g/mol. The first-order valence-corrected chi connectivity index (χ1v) is 7.69. The smallest absolute Gasteiger partial charge is 0.120 e. The number of hydrogen-bond donors (Lipinski definition) is 0. The number of halogens is 1. The SMILES string of the molecule is O=S(Cl)Cc1cccc(OCc2ccccc2)c1. The number of ether oxygens (including phenoxy) is 1. The van der Waals surface area contributed by atoms with Gasteiger partial charge in [-0.05, 0) is 33.9 Å². The van der Waals surface area contributed by atoms with Crippen molar-refractivity contribution in [2.24, 2.45) is 0 Å². The molecule has 0 aliphatic heterocycles. The highest BCUT2D eigenvalue weighted by molar-refractivity contribution is 8.07. The molecule has 0 aromatic heterocycles. The lowest BCUT2D eigenvalue weighted by Gasteiger charge is -2.07. The molecule has 94 valence electrons. The van der Waals surface area contributed by atoms with Crippen molar-refractivity contribution >= 4 is 20.7 Å². The first kappa shape index (κ1) is 13.1. The molecule has 0 fully saturated rings. The van der Waals surface area contributed by atoms with Crippen LogP contribution < -0.4 is 4.74 Å². The topological polar surface area (TPSA) is 26.3 Å². The molecule has 0 heterocycles. The van der Waals surface area contributed by atoms with Crippen LogP contribution in [0.2, 0.25) is 0 Å². The van der Waals surface area contributed by atoms with Crippen molar-refractivity contribution in [1.82, 2.24) is 0 Å². The van der Waals surface area contributed by atoms with Gasteiger partial charge in [0.2, 0.25) is 0 Å². The van der Waals surface area contributed by atoms with Crippen LogP contribution in [-0.2, 0) is 22.4 Å². The van der Waals surface area contributed by atoms with Gasteiger partial charge in [0.25, 0.3) is 0 Å². The van der Waals surface area contributed by atoms with Gasteiger partial charge in [-0.1, -0.05) is 42.5 Å². The van der Waals surface area contributed by atoms with Crippen LogP contribution in [0.4, 0.5) is 0 Å². The van der Waals surface area contributed by atoms with Crippen molar-refractivity contribution in [3.05, 3.63) is 65.7 Å². The maximum absolute atomic E-state index is 10.9. The molecule has 0 amide bonds. The molecule has 2 aromatic rings. The van der Waals surface area contributed by atoms with Crippen molar-refractivity contribution in [3.63, 3.8) is 0 Å². The number of hydrogen-bond acceptors (Lipinski definition) is 2. The zero-order valence-electron chi connectivity index (χ0n) is 9.71. The van der Waals surface area contributed by atoms with Crippen LogP contribution in [0.1, 0.15) is 11.1 Å². The van der Waals surface area contributed by atoms with Crippen LogP contribution in [0.15, 0.2) is 54.6 Å². The normalized spacial score (nSPS) is 12.1. The van der Waals surface area contributed by atoms with Gasteiger partial charge in [0.05, 0.1) is 5.75 Å². The molecule has 0 aliphatic rings. The van der Waals surface area contributed by atoms with E-state index in [1.165, 1.54) is 0 Å². The molecule has 0 aliphatic carbocycles. The highest BCUT2D eigenvalue weighted by atomic mass is 35.7. The van der Waals surface area contributed by atoms with Gasteiger partial charge in [-0.25, -0.2) is 4.21 Å². The fourth-order valence-electron chi connectivity index (χ4n) is 1.60. The molecule has 0 saturated carbocycles. The minimum atomic E-state index is -1.35. The summed E-state index contributed by atoms with van der Waals surface area (Å²) in [7, 11) is 4.12. The number of rotatable bonds is 5. The predicted molar refractivity (Wildman–Crippen MR) is 74.9 cm³/mol. The highest BCUT2D eigenvalue weighted by Gasteiger charge is 2.01. The molecule has 0 bridgehead atoms. The van der Waals surface area contributed by atoms with Crippen molar-refractivity contribution in [2.75, 3.05) is 0 Å². The summed E-state index contributed by atoms with van der Waals surface area (Å²) in [5, 5.41) is 0. The Bertz CT molecular complexity index is 528. The average Bonchev–Trinajstić information content (AvgIpc) is 2.37. The largest absolute Gasteiger partial charge is 0.489 e. The summed E-state index contributed by atoms with van der Waals surface area (Å²) in [5.41, 5.74) is 2.03. The van der Waals surface area contributed by atoms with Gasteiger partial charge in [-0.3, -0.25) is 0 Å². The lowest BCUT2D eigenvalue weighted by molar-refractivity contribution is 0.306. The van der Waals surface area contributed by atoms with Crippen LogP contribution in [0.3, 0.4) is 0 Å². The minimum Gasteiger partial charge on any atom is -0.489 e. The summed E-state index contributed by atoms with van der Waals surface area (Å²) in [6.07, 6.45) is 0. The van der Waals surface area contributed by atoms with Crippen molar-refractivity contribution in [2.45, 2.75) is 12.4 Å². The Labute approximate surface area is 114 Å². The Balaban J connectivity index is 1.99. The Morgan fingerprint density at radius 2 is 1.72 bits per heavy atom. The molecule has 1 unspecified atom stereocenters. The van der Waals surface area contributed by atoms with Gasteiger partial charge in [0.15, 0.2) is 0 Å². The summed E-state index contributed by atoms with van der Waals surface area (Å²) in [6, 6.07) is 17.5. The number of benzene rings is 2. The van der Waals surface area contributed by atoms with E-state index in [-0.39, 0.29) is 0 Å². The van der Waals surface area contributed by atoms with Crippen molar-refractivity contribution < 1.29 is 8.95 Å². The first-order chi connectivity index (χ1) is 8.74. The third-order valence-electron chi connectivity index (χ3n) is 2.43. The fourth-order valence-corrected chi connectivity index (χ4v) is 2.42. The van der Waals surface area contributed by atoms with Gasteiger partial charge in [0.1, 0.15) is 22.4 Å². The van der Waals surface area contributed by atoms with E-state index in [0.717, 1.165) is 16.9 Å². The summed E-state index contributed by atoms with van der Waals surface area (Å²) in [4.78, 5) is 0. The van der Waals surface area contributed by atoms with Crippen molar-refractivity contribution in [3.8, 4) is 5.75 Å². The second kappa shape index (κ2) is 6.57. The molecular formula is C14H13ClO2S. The summed E-state index contributed by atoms with van der Waals surface area (Å²) < 4.78 is 16.6. The minimum absolute atomic E-state index is 0.337. The Morgan fingerprint density at radius 3 is 2.44 bits per heavy atom. The predicted octanol–water partition coefficient (Wildman–Crippen LogP) is 3.67. The zero-order valence-corrected chi connectivity index (χ0v) is 11.3. The Kier molecular flexibility index (Phi) is 4.79. The van der Waals surface area contributed by atoms with Gasteiger partial charge in [-0.15, -0.1) is 0 Å². The fraction of sp³-hybridized carbons (Fsp3) is 0.143. The first-order valence-electron chi connectivity index (χ1n) is 5.54. The summed E-state index contributed by atoms with van der Waals surface area (Å²) in [6.45, 7) is 0.522. The van der Waals surface area contributed by atoms with E-state index in [4.69, 9.17) is 15.4 Å². The van der Waals surface area contributed by atoms with E-state index in [1.807, 2.05) is 54.6 Å². The lowest BCUT2D eigenvalue weighted by atomic mass is 10.2. The molecular weight excluding hydrogens is 268 g/mol. The van der Waals surface area contributed by atoms with Crippen LogP contribution >= 0.6 is 10.7 Å². The molecule has 18 heavy (non-hydrogen) atoms. The van der Waals surface area contributed by atoms with Crippen LogP contribution in [0, 0.1) is 0 Å². The van der Waals surface area contributed by atoms with E-state index in [1.54, 1.807) is 0 Å². The molecule has 2 rings (SSSR count). The van der Waals surface area contributed by atoms with Gasteiger partial charge < -0.3 is 4.74 Å². The van der Waals surface area contributed by atoms with E-state index < -0.39 is 10.0 Å². The molecule has 2 aromatic carbocycles. The molecule has 0 radical (unpaired) electrons. The van der Waals surface area contributed by atoms with Crippen LogP contribution in [0.5, 0.6) is 5.75 Å². The van der Waals surface area contributed by atoms with E-state index in [2.05, 4.69) is 0 Å². The second-order valence-corrected chi connectivity index (χ2v) is 5.76. The van der Waals surface area contributed by atoms with E-state index >= 15 is 0 Å². The van der Waals surface area contributed by atoms with Crippen LogP contribution in [0.25, 0.3) is 0 Å². The highest BCUT2D eigenvalue weighted by Crippen LogP contribution is 2.17. The molecule has 0 N–H and O–H groups in total. The van der Waals surface area contributed by atoms with Gasteiger partial charge in [0, 0.05) is 0 Å². The second-order valence-electron chi connectivity index (χ2n) is 3.86. The van der Waals surface area contributed by atoms with Gasteiger partial charge >= 0.3 is 0 Å². The maximum Gasteiger partial charge on any atom is 0.120 e. The lowest BCUT2D eigenvalue weighted by Crippen LogP contribution is -1.96. The van der Waals surface area contributed by atoms with Crippen LogP contribution in [-0.4, -0.2) is 4.21 Å². The molecule has 0 saturated heterocycles. The third kappa shape index (κ3) is 4.17. The Hall–Kier alpha value is -1.32. The maximum atomic E-state index is 10.9. The van der Waals surface area contributed by atoms with E-state index in [0.29, 0.717) is 12.4 Å². The van der Waals surface area contributed by atoms with Gasteiger partial charge in [-0.2, -0.15) is 0 Å². The molecule has 4 heteroatoms. The third-order valence-corrected chi connectivity index (χ3v) is 3.31. The van der Waals surface area contributed by atoms with Crippen molar-refractivity contribution in [1.29, 1.82) is 0 Å². The monoisotopic (exact) mass is 280 g/mol. The Morgan fingerprint density at radius 1 is 1.00 bits per heavy atom. The standard InChI is InChI=1S/C14H13ClO2S/c15-18(16)11-13-7-4-8-14(9-13)17-10-12-5-2-1-3-6-12/h1-9H,10-11H2. The molecule has 2 nitrogen and oxygen atoms in total. The summed E-state index contributed by atoms with van der Waals surface area (Å²) in [5.74, 6) is 1.10. The molecule has 1 atom stereocenters. The summed E-state index contributed by atoms with van der Waals surface area (Å²) >= 11 is 0. The zero-order chi connectivity index (χ0) is 12.8. The van der Waals surface area contributed by atoms with E-state index in [9.17, 15) is 4.21 Å². The molecule has 0 spiro atoms. The quantitative estimate of drug-likeness (QED) is 0.781.